The van der Waals surface area contributed by atoms with Gasteiger partial charge in [-0.25, -0.2) is 15.0 Å². The van der Waals surface area contributed by atoms with Gasteiger partial charge in [0.05, 0.1) is 0 Å². The van der Waals surface area contributed by atoms with Crippen molar-refractivity contribution in [1.29, 1.82) is 0 Å². The van der Waals surface area contributed by atoms with Gasteiger partial charge < -0.3 is 4.40 Å². The van der Waals surface area contributed by atoms with Gasteiger partial charge >= 0.3 is 0 Å². The molecular weight excluding hydrogens is 188 g/mol. The standard InChI is InChI=1S/C11H8N4/c1-3-15-4-2-14-11(15)5-9(1)10-6-12-8-13-7-10/h1-8H. The molecule has 0 aromatic carbocycles. The minimum Gasteiger partial charge on any atom is -0.307 e. The van der Waals surface area contributed by atoms with E-state index in [1.165, 1.54) is 6.33 Å². The van der Waals surface area contributed by atoms with Gasteiger partial charge in [0.15, 0.2) is 0 Å². The maximum absolute atomic E-state index is 4.23. The number of pyridine rings is 1. The van der Waals surface area contributed by atoms with E-state index in [1.807, 2.05) is 28.9 Å². The number of imidazole rings is 1. The van der Waals surface area contributed by atoms with Crippen molar-refractivity contribution in [3.05, 3.63) is 49.4 Å². The molecule has 3 heterocycles. The molecule has 0 saturated heterocycles. The van der Waals surface area contributed by atoms with Gasteiger partial charge in [-0.05, 0) is 17.7 Å². The molecule has 4 heteroatoms. The average molecular weight is 196 g/mol. The Bertz CT molecular complexity index is 586. The predicted octanol–water partition coefficient (Wildman–Crippen LogP) is 1.79. The maximum atomic E-state index is 4.23. The molecule has 0 fully saturated rings. The Morgan fingerprint density at radius 3 is 2.73 bits per heavy atom. The van der Waals surface area contributed by atoms with E-state index >= 15 is 0 Å². The zero-order valence-corrected chi connectivity index (χ0v) is 7.91. The summed E-state index contributed by atoms with van der Waals surface area (Å²) in [6, 6.07) is 4.03. The van der Waals surface area contributed by atoms with Gasteiger partial charge in [-0.2, -0.15) is 0 Å². The molecule has 0 aliphatic heterocycles. The fourth-order valence-electron chi connectivity index (χ4n) is 1.54. The third-order valence-electron chi connectivity index (χ3n) is 2.29. The van der Waals surface area contributed by atoms with Crippen molar-refractivity contribution < 1.29 is 0 Å². The van der Waals surface area contributed by atoms with Gasteiger partial charge in [-0.1, -0.05) is 0 Å². The lowest BCUT2D eigenvalue weighted by atomic mass is 10.1. The Labute approximate surface area is 86.3 Å². The minimum absolute atomic E-state index is 0.927. The van der Waals surface area contributed by atoms with Crippen LogP contribution in [-0.2, 0) is 0 Å². The van der Waals surface area contributed by atoms with Gasteiger partial charge in [0.25, 0.3) is 0 Å². The number of fused-ring (bicyclic) bond motifs is 1. The van der Waals surface area contributed by atoms with Crippen molar-refractivity contribution in [1.82, 2.24) is 19.4 Å². The highest BCUT2D eigenvalue weighted by atomic mass is 15.0. The second-order valence-electron chi connectivity index (χ2n) is 3.24. The Morgan fingerprint density at radius 2 is 1.87 bits per heavy atom. The van der Waals surface area contributed by atoms with E-state index in [-0.39, 0.29) is 0 Å². The molecule has 3 aromatic rings. The van der Waals surface area contributed by atoms with Crippen molar-refractivity contribution in [3.63, 3.8) is 0 Å². The summed E-state index contributed by atoms with van der Waals surface area (Å²) in [7, 11) is 0. The van der Waals surface area contributed by atoms with E-state index in [2.05, 4.69) is 15.0 Å². The summed E-state index contributed by atoms with van der Waals surface area (Å²) in [6.45, 7) is 0. The van der Waals surface area contributed by atoms with Crippen LogP contribution in [0.1, 0.15) is 0 Å². The van der Waals surface area contributed by atoms with Crippen LogP contribution in [-0.4, -0.2) is 19.4 Å². The number of rotatable bonds is 1. The van der Waals surface area contributed by atoms with Crippen LogP contribution in [0.15, 0.2) is 49.4 Å². The van der Waals surface area contributed by atoms with Crippen LogP contribution in [0.3, 0.4) is 0 Å². The van der Waals surface area contributed by atoms with Crippen molar-refractivity contribution in [2.24, 2.45) is 0 Å². The first kappa shape index (κ1) is 8.11. The van der Waals surface area contributed by atoms with Crippen LogP contribution in [0, 0.1) is 0 Å². The van der Waals surface area contributed by atoms with Crippen LogP contribution < -0.4 is 0 Å². The summed E-state index contributed by atoms with van der Waals surface area (Å²) in [6.07, 6.45) is 10.8. The van der Waals surface area contributed by atoms with E-state index in [0.29, 0.717) is 0 Å². The number of aromatic nitrogens is 4. The summed E-state index contributed by atoms with van der Waals surface area (Å²) in [4.78, 5) is 12.2. The van der Waals surface area contributed by atoms with E-state index in [9.17, 15) is 0 Å². The molecule has 4 nitrogen and oxygen atoms in total. The Hall–Kier alpha value is -2.23. The average Bonchev–Trinajstić information content (AvgIpc) is 2.77. The number of hydrogen-bond donors (Lipinski definition) is 0. The van der Waals surface area contributed by atoms with E-state index < -0.39 is 0 Å². The molecule has 0 amide bonds. The van der Waals surface area contributed by atoms with Gasteiger partial charge in [0.1, 0.15) is 12.0 Å². The van der Waals surface area contributed by atoms with Gasteiger partial charge in [0.2, 0.25) is 0 Å². The topological polar surface area (TPSA) is 43.1 Å². The Morgan fingerprint density at radius 1 is 1.00 bits per heavy atom. The third-order valence-corrected chi connectivity index (χ3v) is 2.29. The smallest absolute Gasteiger partial charge is 0.137 e. The third kappa shape index (κ3) is 1.36. The van der Waals surface area contributed by atoms with E-state index in [4.69, 9.17) is 0 Å². The maximum Gasteiger partial charge on any atom is 0.137 e. The number of nitrogens with zero attached hydrogens (tertiary/aromatic N) is 4. The number of hydrogen-bond acceptors (Lipinski definition) is 3. The molecule has 15 heavy (non-hydrogen) atoms. The molecule has 0 aliphatic carbocycles. The van der Waals surface area contributed by atoms with Crippen LogP contribution in [0.25, 0.3) is 16.8 Å². The molecule has 0 atom stereocenters. The molecular formula is C11H8N4. The van der Waals surface area contributed by atoms with Crippen molar-refractivity contribution in [2.45, 2.75) is 0 Å². The molecule has 0 saturated carbocycles. The first-order valence-electron chi connectivity index (χ1n) is 4.61. The first-order chi connectivity index (χ1) is 7.43. The summed E-state index contributed by atoms with van der Waals surface area (Å²) in [5, 5.41) is 0. The molecule has 0 aliphatic rings. The lowest BCUT2D eigenvalue weighted by molar-refractivity contribution is 1.16. The molecule has 0 unspecified atom stereocenters. The summed E-state index contributed by atoms with van der Waals surface area (Å²) in [5.74, 6) is 0. The predicted molar refractivity (Wildman–Crippen MR) is 56.2 cm³/mol. The largest absolute Gasteiger partial charge is 0.307 e. The highest BCUT2D eigenvalue weighted by Crippen LogP contribution is 2.17. The molecule has 0 radical (unpaired) electrons. The second-order valence-corrected chi connectivity index (χ2v) is 3.24. The fourth-order valence-corrected chi connectivity index (χ4v) is 1.54. The van der Waals surface area contributed by atoms with E-state index in [1.54, 1.807) is 18.6 Å². The minimum atomic E-state index is 0.927. The quantitative estimate of drug-likeness (QED) is 0.596. The highest BCUT2D eigenvalue weighted by molar-refractivity contribution is 5.65. The zero-order valence-electron chi connectivity index (χ0n) is 7.91. The van der Waals surface area contributed by atoms with Crippen molar-refractivity contribution in [2.75, 3.05) is 0 Å². The molecule has 3 aromatic heterocycles. The molecule has 0 bridgehead atoms. The van der Waals surface area contributed by atoms with Crippen LogP contribution in [0.5, 0.6) is 0 Å². The molecule has 0 N–H and O–H groups in total. The SMILES string of the molecule is c1ncc(-c2ccn3ccnc3c2)cn1. The van der Waals surface area contributed by atoms with Crippen LogP contribution >= 0.6 is 0 Å². The summed E-state index contributed by atoms with van der Waals surface area (Å²) in [5.41, 5.74) is 3.01. The van der Waals surface area contributed by atoms with E-state index in [0.717, 1.165) is 16.8 Å². The normalized spacial score (nSPS) is 10.7. The second kappa shape index (κ2) is 3.16. The van der Waals surface area contributed by atoms with Crippen LogP contribution in [0.4, 0.5) is 0 Å². The van der Waals surface area contributed by atoms with Gasteiger partial charge in [0, 0.05) is 36.5 Å². The van der Waals surface area contributed by atoms with Gasteiger partial charge in [-0.15, -0.1) is 0 Å². The van der Waals surface area contributed by atoms with Crippen molar-refractivity contribution >= 4 is 5.65 Å². The molecule has 0 spiro atoms. The van der Waals surface area contributed by atoms with Crippen LogP contribution in [0.2, 0.25) is 0 Å². The summed E-state index contributed by atoms with van der Waals surface area (Å²) >= 11 is 0. The molecule has 72 valence electrons. The Kier molecular flexibility index (Phi) is 1.71. The van der Waals surface area contributed by atoms with Gasteiger partial charge in [-0.3, -0.25) is 0 Å². The first-order valence-corrected chi connectivity index (χ1v) is 4.61. The zero-order chi connectivity index (χ0) is 10.1. The summed E-state index contributed by atoms with van der Waals surface area (Å²) < 4.78 is 1.97. The monoisotopic (exact) mass is 196 g/mol. The lowest BCUT2D eigenvalue weighted by Gasteiger charge is -2.00. The highest BCUT2D eigenvalue weighted by Gasteiger charge is 1.99. The fraction of sp³-hybridized carbons (Fsp3) is 0. The molecule has 3 rings (SSSR count). The van der Waals surface area contributed by atoms with Crippen molar-refractivity contribution in [3.8, 4) is 11.1 Å². The Balaban J connectivity index is 2.19. The lowest BCUT2D eigenvalue weighted by Crippen LogP contribution is -1.86.